The first-order valence-corrected chi connectivity index (χ1v) is 8.92. The topological polar surface area (TPSA) is 95.3 Å². The molecule has 27 heavy (non-hydrogen) atoms. The third-order valence-corrected chi connectivity index (χ3v) is 5.28. The van der Waals surface area contributed by atoms with Crippen molar-refractivity contribution in [3.05, 3.63) is 51.1 Å². The standard InChI is InChI=1S/C18H21N5O4/c1-20(12-7-8-15-19-21(2)17(25)22(15)10-9-12)16(24)11-23-13-5-3-4-6-14(13)27-18(23)26/h3-6,12H,7-11H2,1-2H3. The number of benzene rings is 1. The predicted molar refractivity (Wildman–Crippen MR) is 97.4 cm³/mol. The van der Waals surface area contributed by atoms with Crippen LogP contribution < -0.4 is 11.4 Å². The van der Waals surface area contributed by atoms with E-state index in [4.69, 9.17) is 4.42 Å². The quantitative estimate of drug-likeness (QED) is 0.662. The molecule has 1 aromatic carbocycles. The molecule has 1 amide bonds. The van der Waals surface area contributed by atoms with Crippen LogP contribution in [0.2, 0.25) is 0 Å². The summed E-state index contributed by atoms with van der Waals surface area (Å²) in [4.78, 5) is 38.6. The molecule has 1 atom stereocenters. The zero-order valence-corrected chi connectivity index (χ0v) is 15.3. The van der Waals surface area contributed by atoms with E-state index in [0.717, 1.165) is 12.2 Å². The van der Waals surface area contributed by atoms with Gasteiger partial charge in [-0.1, -0.05) is 12.1 Å². The molecule has 0 aliphatic carbocycles. The van der Waals surface area contributed by atoms with Gasteiger partial charge in [0.2, 0.25) is 5.91 Å². The minimum absolute atomic E-state index is 0.0160. The van der Waals surface area contributed by atoms with E-state index in [1.807, 2.05) is 0 Å². The smallest absolute Gasteiger partial charge is 0.408 e. The summed E-state index contributed by atoms with van der Waals surface area (Å²) < 4.78 is 9.56. The summed E-state index contributed by atoms with van der Waals surface area (Å²) in [6.07, 6.45) is 2.02. The lowest BCUT2D eigenvalue weighted by Crippen LogP contribution is -2.40. The number of fused-ring (bicyclic) bond motifs is 2. The van der Waals surface area contributed by atoms with Crippen LogP contribution in [-0.4, -0.2) is 42.8 Å². The van der Waals surface area contributed by atoms with Crippen LogP contribution >= 0.6 is 0 Å². The van der Waals surface area contributed by atoms with E-state index >= 15 is 0 Å². The van der Waals surface area contributed by atoms with E-state index in [1.165, 1.54) is 9.25 Å². The average Bonchev–Trinajstić information content (AvgIpc) is 3.01. The van der Waals surface area contributed by atoms with Crippen LogP contribution in [0.25, 0.3) is 11.1 Å². The fourth-order valence-electron chi connectivity index (χ4n) is 3.68. The van der Waals surface area contributed by atoms with Crippen LogP contribution in [0, 0.1) is 0 Å². The number of aryl methyl sites for hydroxylation is 2. The van der Waals surface area contributed by atoms with Crippen molar-refractivity contribution in [3.63, 3.8) is 0 Å². The molecule has 2 aromatic heterocycles. The second-order valence-corrected chi connectivity index (χ2v) is 6.88. The molecule has 0 radical (unpaired) electrons. The summed E-state index contributed by atoms with van der Waals surface area (Å²) in [5, 5.41) is 4.26. The van der Waals surface area contributed by atoms with Gasteiger partial charge in [0.15, 0.2) is 5.58 Å². The average molecular weight is 371 g/mol. The first-order chi connectivity index (χ1) is 13.0. The Morgan fingerprint density at radius 1 is 1.30 bits per heavy atom. The number of aromatic nitrogens is 4. The number of hydrogen-bond acceptors (Lipinski definition) is 5. The van der Waals surface area contributed by atoms with Crippen LogP contribution in [0.4, 0.5) is 0 Å². The molecule has 0 bridgehead atoms. The lowest BCUT2D eigenvalue weighted by Gasteiger charge is -2.27. The van der Waals surface area contributed by atoms with Gasteiger partial charge in [-0.05, 0) is 25.0 Å². The number of likely N-dealkylation sites (N-methyl/N-ethyl adjacent to an activating group) is 1. The monoisotopic (exact) mass is 371 g/mol. The zero-order chi connectivity index (χ0) is 19.1. The fraction of sp³-hybridized carbons (Fsp3) is 0.444. The van der Waals surface area contributed by atoms with Crippen LogP contribution in [0.5, 0.6) is 0 Å². The van der Waals surface area contributed by atoms with Crippen molar-refractivity contribution in [2.24, 2.45) is 7.05 Å². The molecule has 0 fully saturated rings. The normalized spacial score (nSPS) is 16.9. The van der Waals surface area contributed by atoms with Gasteiger partial charge < -0.3 is 9.32 Å². The van der Waals surface area contributed by atoms with E-state index in [2.05, 4.69) is 5.10 Å². The number of carbonyl (C=O) groups excluding carboxylic acids is 1. The number of rotatable bonds is 3. The van der Waals surface area contributed by atoms with Crippen LogP contribution in [0.3, 0.4) is 0 Å². The van der Waals surface area contributed by atoms with Gasteiger partial charge in [-0.25, -0.2) is 14.3 Å². The van der Waals surface area contributed by atoms with E-state index < -0.39 is 5.76 Å². The third kappa shape index (κ3) is 2.98. The molecule has 142 valence electrons. The fourth-order valence-corrected chi connectivity index (χ4v) is 3.68. The van der Waals surface area contributed by atoms with Crippen molar-refractivity contribution in [1.29, 1.82) is 0 Å². The van der Waals surface area contributed by atoms with Gasteiger partial charge in [-0.3, -0.25) is 13.9 Å². The molecule has 1 aliphatic rings. The molecule has 3 heterocycles. The molecule has 0 saturated carbocycles. The summed E-state index contributed by atoms with van der Waals surface area (Å²) in [6.45, 7) is 0.452. The van der Waals surface area contributed by atoms with Crippen LogP contribution in [0.1, 0.15) is 18.7 Å². The largest absolute Gasteiger partial charge is 0.420 e. The Morgan fingerprint density at radius 3 is 2.89 bits per heavy atom. The van der Waals surface area contributed by atoms with Gasteiger partial charge in [0.05, 0.1) is 5.52 Å². The molecule has 9 nitrogen and oxygen atoms in total. The number of oxazole rings is 1. The van der Waals surface area contributed by atoms with Crippen molar-refractivity contribution >= 4 is 17.0 Å². The molecule has 1 unspecified atom stereocenters. The van der Waals surface area contributed by atoms with Gasteiger partial charge in [0.1, 0.15) is 12.4 Å². The van der Waals surface area contributed by atoms with Crippen molar-refractivity contribution in [3.8, 4) is 0 Å². The molecule has 0 N–H and O–H groups in total. The summed E-state index contributed by atoms with van der Waals surface area (Å²) >= 11 is 0. The summed E-state index contributed by atoms with van der Waals surface area (Å²) in [6, 6.07) is 7.03. The molecule has 3 aromatic rings. The highest BCUT2D eigenvalue weighted by molar-refractivity contribution is 5.79. The minimum atomic E-state index is -0.539. The summed E-state index contributed by atoms with van der Waals surface area (Å²) in [7, 11) is 3.39. The van der Waals surface area contributed by atoms with E-state index in [-0.39, 0.29) is 24.2 Å². The third-order valence-electron chi connectivity index (χ3n) is 5.28. The van der Waals surface area contributed by atoms with Crippen LogP contribution in [0.15, 0.2) is 38.3 Å². The molecule has 9 heteroatoms. The second kappa shape index (κ2) is 6.57. The van der Waals surface area contributed by atoms with Crippen LogP contribution in [-0.2, 0) is 31.4 Å². The Hall–Kier alpha value is -3.10. The van der Waals surface area contributed by atoms with E-state index in [1.54, 1.807) is 47.8 Å². The van der Waals surface area contributed by atoms with E-state index in [9.17, 15) is 14.4 Å². The number of hydrogen-bond donors (Lipinski definition) is 0. The maximum absolute atomic E-state index is 12.8. The number of para-hydroxylation sites is 2. The Bertz CT molecular complexity index is 1120. The van der Waals surface area contributed by atoms with Crippen molar-refractivity contribution in [2.45, 2.75) is 38.4 Å². The minimum Gasteiger partial charge on any atom is -0.408 e. The Morgan fingerprint density at radius 2 is 2.07 bits per heavy atom. The Balaban J connectivity index is 1.50. The van der Waals surface area contributed by atoms with Crippen molar-refractivity contribution in [1.82, 2.24) is 23.8 Å². The molecule has 1 aliphatic heterocycles. The first-order valence-electron chi connectivity index (χ1n) is 8.92. The SMILES string of the molecule is CN(C(=O)Cn1c(=O)oc2ccccc21)C1CCc2nn(C)c(=O)n2CC1. The van der Waals surface area contributed by atoms with Gasteiger partial charge in [0.25, 0.3) is 0 Å². The second-order valence-electron chi connectivity index (χ2n) is 6.88. The first kappa shape index (κ1) is 17.3. The van der Waals surface area contributed by atoms with Gasteiger partial charge >= 0.3 is 11.4 Å². The lowest BCUT2D eigenvalue weighted by atomic mass is 10.1. The number of amides is 1. The highest BCUT2D eigenvalue weighted by atomic mass is 16.4. The van der Waals surface area contributed by atoms with E-state index in [0.29, 0.717) is 30.5 Å². The maximum atomic E-state index is 12.8. The highest BCUT2D eigenvalue weighted by Gasteiger charge is 2.26. The Kier molecular flexibility index (Phi) is 4.21. The summed E-state index contributed by atoms with van der Waals surface area (Å²) in [5.41, 5.74) is 0.943. The summed E-state index contributed by atoms with van der Waals surface area (Å²) in [5.74, 6) is 0.0476. The predicted octanol–water partition coefficient (Wildman–Crippen LogP) is 0.353. The zero-order valence-electron chi connectivity index (χ0n) is 15.3. The molecule has 0 saturated heterocycles. The lowest BCUT2D eigenvalue weighted by molar-refractivity contribution is -0.132. The van der Waals surface area contributed by atoms with Crippen molar-refractivity contribution in [2.75, 3.05) is 7.05 Å². The molecule has 0 spiro atoms. The van der Waals surface area contributed by atoms with Gasteiger partial charge in [-0.2, -0.15) is 5.10 Å². The number of nitrogens with zero attached hydrogens (tertiary/aromatic N) is 5. The molecule has 4 rings (SSSR count). The van der Waals surface area contributed by atoms with Gasteiger partial charge in [0, 0.05) is 33.1 Å². The maximum Gasteiger partial charge on any atom is 0.420 e. The molecular weight excluding hydrogens is 350 g/mol. The highest BCUT2D eigenvalue weighted by Crippen LogP contribution is 2.17. The van der Waals surface area contributed by atoms with Crippen molar-refractivity contribution < 1.29 is 9.21 Å². The Labute approximate surface area is 154 Å². The number of carbonyl (C=O) groups is 1. The van der Waals surface area contributed by atoms with Gasteiger partial charge in [-0.15, -0.1) is 0 Å². The molecular formula is C18H21N5O4.